The highest BCUT2D eigenvalue weighted by Gasteiger charge is 2.35. The Morgan fingerprint density at radius 1 is 1.15 bits per heavy atom. The van der Waals surface area contributed by atoms with Crippen molar-refractivity contribution in [3.05, 3.63) is 18.2 Å². The Kier molecular flexibility index (Phi) is 5.69. The molecule has 0 bridgehead atoms. The van der Waals surface area contributed by atoms with Gasteiger partial charge in [0.1, 0.15) is 22.5 Å². The van der Waals surface area contributed by atoms with Crippen LogP contribution in [0.5, 0.6) is 11.5 Å². The minimum atomic E-state index is -3.75. The molecule has 26 heavy (non-hydrogen) atoms. The van der Waals surface area contributed by atoms with Gasteiger partial charge in [0.25, 0.3) is 5.91 Å². The van der Waals surface area contributed by atoms with Crippen LogP contribution >= 0.6 is 0 Å². The molecule has 0 saturated carbocycles. The van der Waals surface area contributed by atoms with Crippen molar-refractivity contribution < 1.29 is 27.4 Å². The summed E-state index contributed by atoms with van der Waals surface area (Å²) >= 11 is 0. The fourth-order valence-corrected chi connectivity index (χ4v) is 4.84. The van der Waals surface area contributed by atoms with Crippen LogP contribution in [0, 0.1) is 0 Å². The van der Waals surface area contributed by atoms with E-state index >= 15 is 0 Å². The van der Waals surface area contributed by atoms with Crippen molar-refractivity contribution in [2.75, 3.05) is 47.0 Å². The number of hydrogen-bond acceptors (Lipinski definition) is 6. The van der Waals surface area contributed by atoms with Crippen LogP contribution in [-0.4, -0.2) is 76.6 Å². The summed E-state index contributed by atoms with van der Waals surface area (Å²) in [6.07, 6.45) is 1.25. The maximum atomic E-state index is 13.0. The zero-order valence-corrected chi connectivity index (χ0v) is 15.8. The molecule has 0 aliphatic carbocycles. The van der Waals surface area contributed by atoms with E-state index < -0.39 is 10.0 Å². The van der Waals surface area contributed by atoms with Crippen LogP contribution in [0.3, 0.4) is 0 Å². The second-order valence-corrected chi connectivity index (χ2v) is 8.15. The lowest BCUT2D eigenvalue weighted by Crippen LogP contribution is -2.52. The number of carbonyl (C=O) groups is 1. The quantitative estimate of drug-likeness (QED) is 0.744. The number of rotatable bonds is 5. The van der Waals surface area contributed by atoms with Gasteiger partial charge in [-0.2, -0.15) is 4.31 Å². The van der Waals surface area contributed by atoms with E-state index in [0.717, 1.165) is 12.8 Å². The number of hydrogen-bond donors (Lipinski definition) is 0. The van der Waals surface area contributed by atoms with Crippen molar-refractivity contribution in [1.29, 1.82) is 0 Å². The molecular formula is C17H24N2O6S. The molecule has 1 aromatic rings. The summed E-state index contributed by atoms with van der Waals surface area (Å²) in [6, 6.07) is 4.68. The van der Waals surface area contributed by atoms with E-state index in [-0.39, 0.29) is 35.7 Å². The summed E-state index contributed by atoms with van der Waals surface area (Å²) in [5.74, 6) is 0.666. The van der Waals surface area contributed by atoms with E-state index in [1.807, 2.05) is 0 Å². The molecule has 0 spiro atoms. The van der Waals surface area contributed by atoms with E-state index in [1.165, 1.54) is 24.6 Å². The lowest BCUT2D eigenvalue weighted by Gasteiger charge is -2.35. The lowest BCUT2D eigenvalue weighted by molar-refractivity contribution is -0.142. The van der Waals surface area contributed by atoms with E-state index in [1.54, 1.807) is 17.0 Å². The molecule has 2 aliphatic rings. The van der Waals surface area contributed by atoms with Crippen LogP contribution in [0.25, 0.3) is 0 Å². The monoisotopic (exact) mass is 384 g/mol. The molecule has 0 unspecified atom stereocenters. The van der Waals surface area contributed by atoms with Gasteiger partial charge in [-0.15, -0.1) is 0 Å². The molecule has 0 radical (unpaired) electrons. The summed E-state index contributed by atoms with van der Waals surface area (Å²) in [5.41, 5.74) is 0. The number of amides is 1. The maximum absolute atomic E-state index is 13.0. The van der Waals surface area contributed by atoms with Crippen LogP contribution in [0.2, 0.25) is 0 Å². The molecule has 144 valence electrons. The zero-order chi connectivity index (χ0) is 18.7. The van der Waals surface area contributed by atoms with Crippen LogP contribution in [0.15, 0.2) is 23.1 Å². The Morgan fingerprint density at radius 3 is 2.46 bits per heavy atom. The van der Waals surface area contributed by atoms with Gasteiger partial charge in [0.15, 0.2) is 0 Å². The van der Waals surface area contributed by atoms with Gasteiger partial charge < -0.3 is 19.1 Å². The topological polar surface area (TPSA) is 85.4 Å². The first-order chi connectivity index (χ1) is 12.5. The number of nitrogens with zero attached hydrogens (tertiary/aromatic N) is 2. The Balaban J connectivity index is 1.73. The Bertz CT molecular complexity index is 753. The molecule has 2 heterocycles. The average molecular weight is 384 g/mol. The minimum Gasteiger partial charge on any atom is -0.497 e. The summed E-state index contributed by atoms with van der Waals surface area (Å²) < 4.78 is 43.2. The normalized spacial score (nSPS) is 21.6. The number of sulfonamides is 1. The third kappa shape index (κ3) is 3.65. The molecule has 2 aliphatic heterocycles. The predicted octanol–water partition coefficient (Wildman–Crippen LogP) is 0.716. The molecule has 0 aromatic heterocycles. The summed E-state index contributed by atoms with van der Waals surface area (Å²) in [4.78, 5) is 14.2. The Morgan fingerprint density at radius 2 is 1.88 bits per heavy atom. The van der Waals surface area contributed by atoms with Crippen molar-refractivity contribution in [3.63, 3.8) is 0 Å². The standard InChI is InChI=1S/C17H24N2O6S/c1-23-13-5-6-14(24-2)16(12-13)26(21,22)19-9-7-18(8-10-19)17(20)15-4-3-11-25-15/h5-6,12,15H,3-4,7-11H2,1-2H3/t15-/m1/s1. The van der Waals surface area contributed by atoms with Gasteiger partial charge in [-0.3, -0.25) is 4.79 Å². The van der Waals surface area contributed by atoms with Crippen LogP contribution in [0.4, 0.5) is 0 Å². The Labute approximate surface area is 153 Å². The van der Waals surface area contributed by atoms with Crippen molar-refractivity contribution in [3.8, 4) is 11.5 Å². The van der Waals surface area contributed by atoms with E-state index in [2.05, 4.69) is 0 Å². The molecule has 8 nitrogen and oxygen atoms in total. The summed E-state index contributed by atoms with van der Waals surface area (Å²) in [6.45, 7) is 1.79. The second kappa shape index (κ2) is 7.81. The van der Waals surface area contributed by atoms with E-state index in [0.29, 0.717) is 25.4 Å². The number of piperazine rings is 1. The third-order valence-electron chi connectivity index (χ3n) is 4.74. The largest absolute Gasteiger partial charge is 0.497 e. The van der Waals surface area contributed by atoms with Gasteiger partial charge in [-0.05, 0) is 25.0 Å². The molecule has 1 aromatic carbocycles. The average Bonchev–Trinajstić information content (AvgIpc) is 3.21. The van der Waals surface area contributed by atoms with Crippen molar-refractivity contribution in [2.24, 2.45) is 0 Å². The summed E-state index contributed by atoms with van der Waals surface area (Å²) in [7, 11) is -0.837. The third-order valence-corrected chi connectivity index (χ3v) is 6.66. The number of carbonyl (C=O) groups excluding carboxylic acids is 1. The highest BCUT2D eigenvalue weighted by atomic mass is 32.2. The molecule has 2 saturated heterocycles. The van der Waals surface area contributed by atoms with Crippen molar-refractivity contribution >= 4 is 15.9 Å². The van der Waals surface area contributed by atoms with Crippen LogP contribution in [-0.2, 0) is 19.6 Å². The van der Waals surface area contributed by atoms with Crippen molar-refractivity contribution in [1.82, 2.24) is 9.21 Å². The highest BCUT2D eigenvalue weighted by molar-refractivity contribution is 7.89. The fraction of sp³-hybridized carbons (Fsp3) is 0.588. The van der Waals surface area contributed by atoms with E-state index in [9.17, 15) is 13.2 Å². The van der Waals surface area contributed by atoms with Gasteiger partial charge >= 0.3 is 0 Å². The van der Waals surface area contributed by atoms with Gasteiger partial charge in [0.05, 0.1) is 14.2 Å². The smallest absolute Gasteiger partial charge is 0.251 e. The van der Waals surface area contributed by atoms with Gasteiger partial charge in [0, 0.05) is 38.9 Å². The van der Waals surface area contributed by atoms with Crippen molar-refractivity contribution in [2.45, 2.75) is 23.8 Å². The number of methoxy groups -OCH3 is 2. The molecule has 9 heteroatoms. The first-order valence-corrected chi connectivity index (χ1v) is 10.0. The molecule has 3 rings (SSSR count). The first kappa shape index (κ1) is 18.9. The van der Waals surface area contributed by atoms with Crippen LogP contribution < -0.4 is 9.47 Å². The van der Waals surface area contributed by atoms with Crippen LogP contribution in [0.1, 0.15) is 12.8 Å². The summed E-state index contributed by atoms with van der Waals surface area (Å²) in [5, 5.41) is 0. The number of ether oxygens (including phenoxy) is 3. The minimum absolute atomic E-state index is 0.0430. The molecule has 0 N–H and O–H groups in total. The van der Waals surface area contributed by atoms with Gasteiger partial charge in [0.2, 0.25) is 10.0 Å². The molecular weight excluding hydrogens is 360 g/mol. The first-order valence-electron chi connectivity index (χ1n) is 8.60. The Hall–Kier alpha value is -1.84. The fourth-order valence-electron chi connectivity index (χ4n) is 3.25. The SMILES string of the molecule is COc1ccc(OC)c(S(=O)(=O)N2CCN(C(=O)[C@H]3CCCO3)CC2)c1. The predicted molar refractivity (Wildman–Crippen MR) is 93.9 cm³/mol. The maximum Gasteiger partial charge on any atom is 0.251 e. The van der Waals surface area contributed by atoms with Gasteiger partial charge in [-0.25, -0.2) is 8.42 Å². The van der Waals surface area contributed by atoms with E-state index in [4.69, 9.17) is 14.2 Å². The molecule has 2 fully saturated rings. The molecule has 1 atom stereocenters. The number of benzene rings is 1. The zero-order valence-electron chi connectivity index (χ0n) is 15.0. The highest BCUT2D eigenvalue weighted by Crippen LogP contribution is 2.31. The second-order valence-electron chi connectivity index (χ2n) is 6.25. The van der Waals surface area contributed by atoms with Gasteiger partial charge in [-0.1, -0.05) is 0 Å². The lowest BCUT2D eigenvalue weighted by atomic mass is 10.2. The molecule has 1 amide bonds.